The first kappa shape index (κ1) is 14.6. The number of benzene rings is 2. The van der Waals surface area contributed by atoms with E-state index in [0.717, 1.165) is 22.8 Å². The molecule has 0 saturated heterocycles. The summed E-state index contributed by atoms with van der Waals surface area (Å²) in [6.07, 6.45) is 2.78. The number of hydrogen-bond donors (Lipinski definition) is 0. The molecule has 0 unspecified atom stereocenters. The van der Waals surface area contributed by atoms with Gasteiger partial charge in [0, 0.05) is 30.1 Å². The third-order valence-corrected chi connectivity index (χ3v) is 4.35. The summed E-state index contributed by atoms with van der Waals surface area (Å²) in [6.45, 7) is 0. The van der Waals surface area contributed by atoms with Gasteiger partial charge in [0.2, 0.25) is 0 Å². The monoisotopic (exact) mass is 319 g/mol. The van der Waals surface area contributed by atoms with E-state index in [0.29, 0.717) is 16.8 Å². The van der Waals surface area contributed by atoms with Crippen LogP contribution in [-0.4, -0.2) is 11.7 Å². The van der Waals surface area contributed by atoms with Crippen molar-refractivity contribution in [2.45, 2.75) is 6.42 Å². The Morgan fingerprint density at radius 1 is 1.12 bits per heavy atom. The summed E-state index contributed by atoms with van der Waals surface area (Å²) in [5.41, 5.74) is 3.14. The molecule has 4 aromatic rings. The third kappa shape index (κ3) is 2.27. The van der Waals surface area contributed by atoms with Gasteiger partial charge >= 0.3 is 5.63 Å². The number of hydrogen-bond acceptors (Lipinski definition) is 3. The van der Waals surface area contributed by atoms with Crippen LogP contribution < -0.4 is 10.4 Å². The van der Waals surface area contributed by atoms with E-state index in [1.807, 2.05) is 48.1 Å². The largest absolute Gasteiger partial charge is 0.497 e. The van der Waals surface area contributed by atoms with Crippen molar-refractivity contribution in [2.24, 2.45) is 7.05 Å². The zero-order chi connectivity index (χ0) is 16.7. The van der Waals surface area contributed by atoms with Gasteiger partial charge in [-0.1, -0.05) is 30.3 Å². The van der Waals surface area contributed by atoms with Gasteiger partial charge in [-0.15, -0.1) is 0 Å². The molecule has 4 nitrogen and oxygen atoms in total. The van der Waals surface area contributed by atoms with Crippen LogP contribution in [0.3, 0.4) is 0 Å². The second-order valence-electron chi connectivity index (χ2n) is 5.90. The van der Waals surface area contributed by atoms with Crippen molar-refractivity contribution in [3.8, 4) is 5.75 Å². The fourth-order valence-corrected chi connectivity index (χ4v) is 3.26. The summed E-state index contributed by atoms with van der Waals surface area (Å²) in [6, 6.07) is 15.8. The molecule has 24 heavy (non-hydrogen) atoms. The fraction of sp³-hybridized carbons (Fsp3) is 0.150. The standard InChI is InChI=1S/C20H17NO3/c1-21-12-14(10-13-6-4-3-5-7-13)18-16-9-8-15(23-2)11-17(16)24-20(22)19(18)21/h3-9,11-12H,10H2,1-2H3. The minimum Gasteiger partial charge on any atom is -0.497 e. The first-order valence-electron chi connectivity index (χ1n) is 7.80. The fourth-order valence-electron chi connectivity index (χ4n) is 3.26. The molecular weight excluding hydrogens is 302 g/mol. The molecule has 0 N–H and O–H groups in total. The SMILES string of the molecule is COc1ccc2c(c1)oc(=O)c1c2c(Cc2ccccc2)cn1C. The van der Waals surface area contributed by atoms with E-state index in [4.69, 9.17) is 9.15 Å². The Hall–Kier alpha value is -3.01. The van der Waals surface area contributed by atoms with Crippen LogP contribution in [0.5, 0.6) is 5.75 Å². The van der Waals surface area contributed by atoms with Gasteiger partial charge in [0.1, 0.15) is 16.8 Å². The van der Waals surface area contributed by atoms with Crippen molar-refractivity contribution in [3.05, 3.63) is 76.3 Å². The molecule has 0 aliphatic heterocycles. The lowest BCUT2D eigenvalue weighted by atomic mass is 10.0. The average molecular weight is 319 g/mol. The highest BCUT2D eigenvalue weighted by Gasteiger charge is 2.16. The Balaban J connectivity index is 2.02. The number of rotatable bonds is 3. The molecule has 0 fully saturated rings. The highest BCUT2D eigenvalue weighted by molar-refractivity contribution is 6.06. The van der Waals surface area contributed by atoms with E-state index in [1.54, 1.807) is 13.2 Å². The van der Waals surface area contributed by atoms with Crippen molar-refractivity contribution in [2.75, 3.05) is 7.11 Å². The molecule has 2 heterocycles. The lowest BCUT2D eigenvalue weighted by molar-refractivity contribution is 0.414. The Kier molecular flexibility index (Phi) is 3.38. The smallest absolute Gasteiger partial charge is 0.361 e. The first-order chi connectivity index (χ1) is 11.7. The number of fused-ring (bicyclic) bond motifs is 3. The molecule has 4 rings (SSSR count). The zero-order valence-corrected chi connectivity index (χ0v) is 13.6. The molecule has 0 saturated carbocycles. The molecule has 0 aliphatic rings. The van der Waals surface area contributed by atoms with Gasteiger partial charge in [0.25, 0.3) is 0 Å². The minimum absolute atomic E-state index is 0.326. The topological polar surface area (TPSA) is 44.4 Å². The van der Waals surface area contributed by atoms with Gasteiger partial charge in [-0.2, -0.15) is 0 Å². The van der Waals surface area contributed by atoms with Crippen LogP contribution in [0, 0.1) is 0 Å². The Bertz CT molecular complexity index is 1090. The molecule has 0 amide bonds. The van der Waals surface area contributed by atoms with Crippen molar-refractivity contribution in [3.63, 3.8) is 0 Å². The van der Waals surface area contributed by atoms with Crippen LogP contribution >= 0.6 is 0 Å². The number of methoxy groups -OCH3 is 1. The van der Waals surface area contributed by atoms with E-state index >= 15 is 0 Å². The predicted octanol–water partition coefficient (Wildman–Crippen LogP) is 3.88. The van der Waals surface area contributed by atoms with Crippen LogP contribution in [0.1, 0.15) is 11.1 Å². The maximum Gasteiger partial charge on any atom is 0.361 e. The maximum absolute atomic E-state index is 12.5. The molecule has 2 aromatic heterocycles. The summed E-state index contributed by atoms with van der Waals surface area (Å²) >= 11 is 0. The van der Waals surface area contributed by atoms with Crippen LogP contribution in [-0.2, 0) is 13.5 Å². The van der Waals surface area contributed by atoms with Crippen LogP contribution in [0.15, 0.2) is 63.9 Å². The normalized spacial score (nSPS) is 11.2. The Labute approximate surface area is 138 Å². The van der Waals surface area contributed by atoms with E-state index in [-0.39, 0.29) is 5.63 Å². The van der Waals surface area contributed by atoms with Crippen LogP contribution in [0.25, 0.3) is 21.9 Å². The number of ether oxygens (including phenoxy) is 1. The van der Waals surface area contributed by atoms with E-state index in [9.17, 15) is 4.79 Å². The number of nitrogens with zero attached hydrogens (tertiary/aromatic N) is 1. The molecule has 2 aromatic carbocycles. The van der Waals surface area contributed by atoms with E-state index < -0.39 is 0 Å². The highest BCUT2D eigenvalue weighted by Crippen LogP contribution is 2.30. The predicted molar refractivity (Wildman–Crippen MR) is 94.8 cm³/mol. The molecular formula is C20H17NO3. The summed E-state index contributed by atoms with van der Waals surface area (Å²) in [4.78, 5) is 12.5. The first-order valence-corrected chi connectivity index (χ1v) is 7.80. The van der Waals surface area contributed by atoms with E-state index in [1.165, 1.54) is 5.56 Å². The van der Waals surface area contributed by atoms with Crippen molar-refractivity contribution < 1.29 is 9.15 Å². The number of aromatic nitrogens is 1. The lowest BCUT2D eigenvalue weighted by Gasteiger charge is -2.05. The minimum atomic E-state index is -0.326. The molecule has 0 radical (unpaired) electrons. The average Bonchev–Trinajstić information content (AvgIpc) is 2.92. The van der Waals surface area contributed by atoms with Gasteiger partial charge < -0.3 is 13.7 Å². The van der Waals surface area contributed by atoms with Crippen LogP contribution in [0.2, 0.25) is 0 Å². The second kappa shape index (κ2) is 5.57. The molecule has 0 aliphatic carbocycles. The summed E-state index contributed by atoms with van der Waals surface area (Å²) in [5.74, 6) is 0.672. The van der Waals surface area contributed by atoms with Gasteiger partial charge in [0.15, 0.2) is 0 Å². The molecule has 0 atom stereocenters. The molecule has 4 heteroatoms. The third-order valence-electron chi connectivity index (χ3n) is 4.35. The molecule has 0 spiro atoms. The zero-order valence-electron chi connectivity index (χ0n) is 13.6. The van der Waals surface area contributed by atoms with Gasteiger partial charge in [-0.05, 0) is 29.7 Å². The quantitative estimate of drug-likeness (QED) is 0.538. The second-order valence-corrected chi connectivity index (χ2v) is 5.90. The lowest BCUT2D eigenvalue weighted by Crippen LogP contribution is -2.03. The van der Waals surface area contributed by atoms with Gasteiger partial charge in [-0.3, -0.25) is 0 Å². The van der Waals surface area contributed by atoms with Gasteiger partial charge in [0.05, 0.1) is 7.11 Å². The van der Waals surface area contributed by atoms with Crippen LogP contribution in [0.4, 0.5) is 0 Å². The van der Waals surface area contributed by atoms with E-state index in [2.05, 4.69) is 12.1 Å². The summed E-state index contributed by atoms with van der Waals surface area (Å²) in [7, 11) is 3.48. The molecule has 0 bridgehead atoms. The summed E-state index contributed by atoms with van der Waals surface area (Å²) in [5, 5.41) is 1.88. The highest BCUT2D eigenvalue weighted by atomic mass is 16.5. The number of aryl methyl sites for hydroxylation is 1. The molecule has 120 valence electrons. The summed E-state index contributed by atoms with van der Waals surface area (Å²) < 4.78 is 12.6. The Morgan fingerprint density at radius 3 is 2.67 bits per heavy atom. The van der Waals surface area contributed by atoms with Gasteiger partial charge in [-0.25, -0.2) is 4.79 Å². The van der Waals surface area contributed by atoms with Crippen molar-refractivity contribution >= 4 is 21.9 Å². The van der Waals surface area contributed by atoms with Crippen molar-refractivity contribution in [1.82, 2.24) is 4.57 Å². The van der Waals surface area contributed by atoms with Crippen molar-refractivity contribution in [1.29, 1.82) is 0 Å². The Morgan fingerprint density at radius 2 is 1.92 bits per heavy atom. The maximum atomic E-state index is 12.5.